The van der Waals surface area contributed by atoms with E-state index in [9.17, 15) is 0 Å². The van der Waals surface area contributed by atoms with Gasteiger partial charge in [-0.15, -0.1) is 11.8 Å². The number of hydrogen-bond acceptors (Lipinski definition) is 2. The van der Waals surface area contributed by atoms with Crippen LogP contribution in [-0.2, 0) is 0 Å². The van der Waals surface area contributed by atoms with Crippen molar-refractivity contribution in [2.75, 3.05) is 0 Å². The summed E-state index contributed by atoms with van der Waals surface area (Å²) in [5, 5.41) is 6.40. The highest BCUT2D eigenvalue weighted by Gasteiger charge is 2.32. The molecule has 0 aromatic rings. The summed E-state index contributed by atoms with van der Waals surface area (Å²) in [6.45, 7) is 13.6. The highest BCUT2D eigenvalue weighted by molar-refractivity contribution is 8.03. The molecule has 1 N–H and O–H groups in total. The van der Waals surface area contributed by atoms with Gasteiger partial charge in [-0.1, -0.05) is 41.5 Å². The fourth-order valence-electron chi connectivity index (χ4n) is 1.16. The van der Waals surface area contributed by atoms with Crippen LogP contribution in [0.5, 0.6) is 0 Å². The minimum Gasteiger partial charge on any atom is -0.375 e. The maximum absolute atomic E-state index is 3.59. The Morgan fingerprint density at radius 1 is 1.15 bits per heavy atom. The molecule has 1 rings (SSSR count). The summed E-state index contributed by atoms with van der Waals surface area (Å²) in [6.07, 6.45) is 0. The van der Waals surface area contributed by atoms with E-state index in [2.05, 4.69) is 52.3 Å². The molecule has 0 amide bonds. The molecule has 0 aromatic carbocycles. The van der Waals surface area contributed by atoms with Crippen molar-refractivity contribution < 1.29 is 0 Å². The van der Waals surface area contributed by atoms with Crippen molar-refractivity contribution in [3.63, 3.8) is 0 Å². The average Bonchev–Trinajstić information content (AvgIpc) is 2.28. The van der Waals surface area contributed by atoms with Crippen molar-refractivity contribution in [1.29, 1.82) is 0 Å². The molecule has 0 aromatic heterocycles. The van der Waals surface area contributed by atoms with Crippen LogP contribution in [0, 0.1) is 10.8 Å². The van der Waals surface area contributed by atoms with Gasteiger partial charge < -0.3 is 5.32 Å². The molecule has 2 heteroatoms. The molecule has 1 aliphatic heterocycles. The van der Waals surface area contributed by atoms with Gasteiger partial charge in [0.1, 0.15) is 0 Å². The molecule has 13 heavy (non-hydrogen) atoms. The molecule has 0 spiro atoms. The molecular formula is C11H21NS. The lowest BCUT2D eigenvalue weighted by molar-refractivity contribution is 0.347. The summed E-state index contributed by atoms with van der Waals surface area (Å²) in [5.41, 5.74) is 1.96. The molecule has 0 saturated heterocycles. The van der Waals surface area contributed by atoms with Crippen LogP contribution in [0.15, 0.2) is 11.1 Å². The van der Waals surface area contributed by atoms with Gasteiger partial charge >= 0.3 is 0 Å². The van der Waals surface area contributed by atoms with Crippen molar-refractivity contribution in [1.82, 2.24) is 5.32 Å². The third-order valence-electron chi connectivity index (χ3n) is 2.20. The van der Waals surface area contributed by atoms with Crippen LogP contribution in [0.1, 0.15) is 41.5 Å². The third-order valence-corrected chi connectivity index (χ3v) is 3.67. The Bertz CT molecular complexity index is 217. The maximum atomic E-state index is 3.59. The summed E-state index contributed by atoms with van der Waals surface area (Å²) < 4.78 is 0. The van der Waals surface area contributed by atoms with Gasteiger partial charge in [-0.25, -0.2) is 0 Å². The van der Waals surface area contributed by atoms with Gasteiger partial charge in [-0.3, -0.25) is 0 Å². The molecule has 0 aliphatic carbocycles. The van der Waals surface area contributed by atoms with Gasteiger partial charge in [0.05, 0.1) is 5.37 Å². The lowest BCUT2D eigenvalue weighted by Crippen LogP contribution is -2.36. The SMILES string of the molecule is CC(C)(C)C1=CSC(C(C)(C)C)N1. The predicted octanol–water partition coefficient (Wildman–Crippen LogP) is 3.58. The van der Waals surface area contributed by atoms with Crippen molar-refractivity contribution in [2.24, 2.45) is 10.8 Å². The van der Waals surface area contributed by atoms with Crippen molar-refractivity contribution in [2.45, 2.75) is 46.9 Å². The molecular weight excluding hydrogens is 178 g/mol. The van der Waals surface area contributed by atoms with Crippen LogP contribution in [0.3, 0.4) is 0 Å². The Hall–Kier alpha value is -0.110. The predicted molar refractivity (Wildman–Crippen MR) is 61.5 cm³/mol. The van der Waals surface area contributed by atoms with E-state index in [-0.39, 0.29) is 5.41 Å². The number of nitrogens with one attached hydrogen (secondary N) is 1. The normalized spacial score (nSPS) is 24.2. The Kier molecular flexibility index (Phi) is 2.73. The van der Waals surface area contributed by atoms with E-state index in [1.165, 1.54) is 5.70 Å². The number of allylic oxidation sites excluding steroid dienone is 1. The van der Waals surface area contributed by atoms with Crippen LogP contribution in [0.25, 0.3) is 0 Å². The largest absolute Gasteiger partial charge is 0.375 e. The van der Waals surface area contributed by atoms with Crippen molar-refractivity contribution >= 4 is 11.8 Å². The highest BCUT2D eigenvalue weighted by atomic mass is 32.2. The van der Waals surface area contributed by atoms with Gasteiger partial charge in [0, 0.05) is 11.1 Å². The van der Waals surface area contributed by atoms with Crippen molar-refractivity contribution in [3.8, 4) is 0 Å². The zero-order valence-corrected chi connectivity index (χ0v) is 10.4. The van der Waals surface area contributed by atoms with E-state index in [4.69, 9.17) is 0 Å². The standard InChI is InChI=1S/C11H21NS/c1-10(2,3)8-7-13-9(12-8)11(4,5)6/h7,9,12H,1-6H3. The van der Waals surface area contributed by atoms with E-state index >= 15 is 0 Å². The maximum Gasteiger partial charge on any atom is 0.0809 e. The zero-order valence-electron chi connectivity index (χ0n) is 9.56. The van der Waals surface area contributed by atoms with Gasteiger partial charge in [0.25, 0.3) is 0 Å². The minimum atomic E-state index is 0.257. The summed E-state index contributed by atoms with van der Waals surface area (Å²) in [6, 6.07) is 0. The molecule has 0 fully saturated rings. The minimum absolute atomic E-state index is 0.257. The molecule has 1 heterocycles. The van der Waals surface area contributed by atoms with Crippen LogP contribution in [0.2, 0.25) is 0 Å². The number of thioether (sulfide) groups is 1. The second kappa shape index (κ2) is 3.23. The Balaban J connectivity index is 2.63. The first-order valence-electron chi connectivity index (χ1n) is 4.84. The highest BCUT2D eigenvalue weighted by Crippen LogP contribution is 2.39. The fraction of sp³-hybridized carbons (Fsp3) is 0.818. The summed E-state index contributed by atoms with van der Waals surface area (Å²) in [4.78, 5) is 0. The zero-order chi connectivity index (χ0) is 10.3. The molecule has 0 radical (unpaired) electrons. The first kappa shape index (κ1) is 11.0. The molecule has 1 unspecified atom stereocenters. The lowest BCUT2D eigenvalue weighted by atomic mass is 9.91. The van der Waals surface area contributed by atoms with E-state index in [1.54, 1.807) is 0 Å². The average molecular weight is 199 g/mol. The summed E-state index contributed by atoms with van der Waals surface area (Å²) >= 11 is 1.91. The monoisotopic (exact) mass is 199 g/mol. The second-order valence-corrected chi connectivity index (χ2v) is 6.79. The molecule has 1 nitrogen and oxygen atoms in total. The molecule has 0 saturated carbocycles. The first-order chi connectivity index (χ1) is 5.71. The molecule has 1 atom stereocenters. The van der Waals surface area contributed by atoms with Gasteiger partial charge in [0.15, 0.2) is 0 Å². The van der Waals surface area contributed by atoms with E-state index < -0.39 is 0 Å². The summed E-state index contributed by atoms with van der Waals surface area (Å²) in [7, 11) is 0. The first-order valence-corrected chi connectivity index (χ1v) is 5.78. The van der Waals surface area contributed by atoms with Gasteiger partial charge in [-0.05, 0) is 10.8 Å². The third kappa shape index (κ3) is 2.67. The van der Waals surface area contributed by atoms with Crippen molar-refractivity contribution in [3.05, 3.63) is 11.1 Å². The van der Waals surface area contributed by atoms with Crippen LogP contribution >= 0.6 is 11.8 Å². The van der Waals surface area contributed by atoms with E-state index in [1.807, 2.05) is 11.8 Å². The second-order valence-electron chi connectivity index (χ2n) is 5.81. The van der Waals surface area contributed by atoms with E-state index in [0.29, 0.717) is 10.8 Å². The van der Waals surface area contributed by atoms with Crippen LogP contribution in [0.4, 0.5) is 0 Å². The van der Waals surface area contributed by atoms with Gasteiger partial charge in [0.2, 0.25) is 0 Å². The number of hydrogen-bond donors (Lipinski definition) is 1. The number of rotatable bonds is 0. The van der Waals surface area contributed by atoms with E-state index in [0.717, 1.165) is 0 Å². The van der Waals surface area contributed by atoms with Crippen LogP contribution in [-0.4, -0.2) is 5.37 Å². The Morgan fingerprint density at radius 2 is 1.69 bits per heavy atom. The van der Waals surface area contributed by atoms with Crippen LogP contribution < -0.4 is 5.32 Å². The lowest BCUT2D eigenvalue weighted by Gasteiger charge is -2.30. The fourth-order valence-corrected chi connectivity index (χ4v) is 2.46. The van der Waals surface area contributed by atoms with Gasteiger partial charge in [-0.2, -0.15) is 0 Å². The molecule has 0 bridgehead atoms. The molecule has 1 aliphatic rings. The molecule has 76 valence electrons. The Labute approximate surface area is 86.4 Å². The smallest absolute Gasteiger partial charge is 0.0809 e. The quantitative estimate of drug-likeness (QED) is 0.640. The Morgan fingerprint density at radius 3 is 1.92 bits per heavy atom. The topological polar surface area (TPSA) is 12.0 Å². The summed E-state index contributed by atoms with van der Waals surface area (Å²) in [5.74, 6) is 0.